The number of nitrogens with one attached hydrogen (secondary N) is 1. The molecule has 0 aliphatic carbocycles. The third kappa shape index (κ3) is 2.42. The van der Waals surface area contributed by atoms with E-state index in [-0.39, 0.29) is 11.3 Å². The van der Waals surface area contributed by atoms with Gasteiger partial charge in [-0.25, -0.2) is 4.98 Å². The molecule has 0 fully saturated rings. The maximum absolute atomic E-state index is 12.6. The summed E-state index contributed by atoms with van der Waals surface area (Å²) in [5.74, 6) is 0.293. The lowest BCUT2D eigenvalue weighted by Crippen LogP contribution is -2.17. The lowest BCUT2D eigenvalue weighted by atomic mass is 10.2. The van der Waals surface area contributed by atoms with Crippen molar-refractivity contribution in [2.24, 2.45) is 5.10 Å². The molecule has 4 rings (SSSR count). The molecular formula is C18H14N4O3. The topological polar surface area (TPSA) is 92.5 Å². The highest BCUT2D eigenvalue weighted by Gasteiger charge is 2.10. The summed E-state index contributed by atoms with van der Waals surface area (Å²) in [6.07, 6.45) is 2.74. The zero-order chi connectivity index (χ0) is 17.4. The Hall–Kier alpha value is -3.61. The summed E-state index contributed by atoms with van der Waals surface area (Å²) in [6, 6.07) is 12.6. The molecule has 124 valence electrons. The standard InChI is InChI=1S/C18H14N4O3/c1-25-14-8-4-5-11(17(14)23)9-20-22-10-19-15-12-6-2-3-7-13(12)21-16(15)18(22)24/h2-10,21,23H,1H3. The predicted octanol–water partition coefficient (Wildman–Crippen LogP) is 2.47. The fourth-order valence-electron chi connectivity index (χ4n) is 2.71. The molecule has 0 saturated heterocycles. The van der Waals surface area contributed by atoms with Crippen LogP contribution in [0.2, 0.25) is 0 Å². The van der Waals surface area contributed by atoms with Crippen molar-refractivity contribution < 1.29 is 9.84 Å². The Kier molecular flexibility index (Phi) is 3.46. The molecule has 0 spiro atoms. The third-order valence-electron chi connectivity index (χ3n) is 3.97. The number of methoxy groups -OCH3 is 1. The molecule has 0 radical (unpaired) electrons. The van der Waals surface area contributed by atoms with Crippen LogP contribution in [0.5, 0.6) is 11.5 Å². The first kappa shape index (κ1) is 14.9. The Morgan fingerprint density at radius 1 is 1.24 bits per heavy atom. The Labute approximate surface area is 141 Å². The van der Waals surface area contributed by atoms with Crippen LogP contribution in [-0.2, 0) is 0 Å². The molecule has 2 N–H and O–H groups in total. The van der Waals surface area contributed by atoms with Crippen molar-refractivity contribution in [2.45, 2.75) is 0 Å². The number of hydrogen-bond acceptors (Lipinski definition) is 5. The van der Waals surface area contributed by atoms with E-state index in [0.717, 1.165) is 15.6 Å². The molecule has 0 amide bonds. The van der Waals surface area contributed by atoms with Crippen LogP contribution in [0.4, 0.5) is 0 Å². The molecule has 7 heteroatoms. The number of nitrogens with zero attached hydrogens (tertiary/aromatic N) is 3. The van der Waals surface area contributed by atoms with E-state index in [1.165, 1.54) is 19.7 Å². The maximum atomic E-state index is 12.6. The number of phenols is 1. The van der Waals surface area contributed by atoms with E-state index in [1.807, 2.05) is 24.3 Å². The van der Waals surface area contributed by atoms with E-state index >= 15 is 0 Å². The summed E-state index contributed by atoms with van der Waals surface area (Å²) in [4.78, 5) is 20.0. The number of rotatable bonds is 3. The quantitative estimate of drug-likeness (QED) is 0.563. The second-order valence-electron chi connectivity index (χ2n) is 5.43. The summed E-state index contributed by atoms with van der Waals surface area (Å²) in [6.45, 7) is 0. The van der Waals surface area contributed by atoms with Crippen molar-refractivity contribution in [2.75, 3.05) is 7.11 Å². The molecule has 0 saturated carbocycles. The van der Waals surface area contributed by atoms with Crippen LogP contribution in [0.3, 0.4) is 0 Å². The zero-order valence-corrected chi connectivity index (χ0v) is 13.3. The number of para-hydroxylation sites is 2. The number of hydrogen-bond donors (Lipinski definition) is 2. The van der Waals surface area contributed by atoms with Crippen molar-refractivity contribution in [3.8, 4) is 11.5 Å². The van der Waals surface area contributed by atoms with Crippen molar-refractivity contribution in [1.82, 2.24) is 14.6 Å². The average Bonchev–Trinajstić information content (AvgIpc) is 3.02. The van der Waals surface area contributed by atoms with Gasteiger partial charge in [-0.2, -0.15) is 9.78 Å². The SMILES string of the molecule is COc1cccc(C=Nn2cnc3c([nH]c4ccccc43)c2=O)c1O. The summed E-state index contributed by atoms with van der Waals surface area (Å²) >= 11 is 0. The predicted molar refractivity (Wildman–Crippen MR) is 95.5 cm³/mol. The molecule has 0 aliphatic rings. The van der Waals surface area contributed by atoms with Crippen LogP contribution in [0.15, 0.2) is 58.7 Å². The summed E-state index contributed by atoms with van der Waals surface area (Å²) in [5.41, 5.74) is 1.95. The van der Waals surface area contributed by atoms with Crippen molar-refractivity contribution in [1.29, 1.82) is 0 Å². The van der Waals surface area contributed by atoms with Gasteiger partial charge < -0.3 is 14.8 Å². The van der Waals surface area contributed by atoms with Gasteiger partial charge in [-0.3, -0.25) is 4.79 Å². The fraction of sp³-hybridized carbons (Fsp3) is 0.0556. The van der Waals surface area contributed by atoms with Crippen molar-refractivity contribution >= 4 is 28.2 Å². The number of aromatic amines is 1. The Morgan fingerprint density at radius 3 is 2.92 bits per heavy atom. The molecule has 2 aromatic heterocycles. The van der Waals surface area contributed by atoms with E-state index in [1.54, 1.807) is 18.2 Å². The van der Waals surface area contributed by atoms with Gasteiger partial charge in [-0.1, -0.05) is 24.3 Å². The van der Waals surface area contributed by atoms with Crippen LogP contribution < -0.4 is 10.3 Å². The minimum absolute atomic E-state index is 0.0403. The average molecular weight is 334 g/mol. The number of phenolic OH excluding ortho intramolecular Hbond substituents is 1. The van der Waals surface area contributed by atoms with Crippen molar-refractivity contribution in [3.63, 3.8) is 0 Å². The van der Waals surface area contributed by atoms with E-state index < -0.39 is 0 Å². The first-order valence-electron chi connectivity index (χ1n) is 7.57. The van der Waals surface area contributed by atoms with Gasteiger partial charge in [-0.15, -0.1) is 0 Å². The lowest BCUT2D eigenvalue weighted by Gasteiger charge is -2.05. The van der Waals surface area contributed by atoms with Gasteiger partial charge in [0.2, 0.25) is 0 Å². The summed E-state index contributed by atoms with van der Waals surface area (Å²) in [5, 5.41) is 15.1. The molecule has 2 aromatic carbocycles. The van der Waals surface area contributed by atoms with Gasteiger partial charge >= 0.3 is 0 Å². The van der Waals surface area contributed by atoms with Gasteiger partial charge in [0.1, 0.15) is 17.4 Å². The highest BCUT2D eigenvalue weighted by molar-refractivity contribution is 6.04. The highest BCUT2D eigenvalue weighted by atomic mass is 16.5. The van der Waals surface area contributed by atoms with Crippen LogP contribution in [-0.4, -0.2) is 33.1 Å². The Morgan fingerprint density at radius 2 is 2.08 bits per heavy atom. The molecule has 0 bridgehead atoms. The first-order chi connectivity index (χ1) is 12.2. The smallest absolute Gasteiger partial charge is 0.298 e. The van der Waals surface area contributed by atoms with Gasteiger partial charge in [-0.05, 0) is 18.2 Å². The number of aromatic hydroxyl groups is 1. The molecular weight excluding hydrogens is 320 g/mol. The van der Waals surface area contributed by atoms with Crippen LogP contribution in [0, 0.1) is 0 Å². The minimum atomic E-state index is -0.320. The van der Waals surface area contributed by atoms with Gasteiger partial charge in [0, 0.05) is 16.5 Å². The second-order valence-corrected chi connectivity index (χ2v) is 5.43. The van der Waals surface area contributed by atoms with Gasteiger partial charge in [0.15, 0.2) is 11.5 Å². The molecule has 4 aromatic rings. The van der Waals surface area contributed by atoms with Crippen molar-refractivity contribution in [3.05, 3.63) is 64.7 Å². The normalized spacial score (nSPS) is 11.6. The van der Waals surface area contributed by atoms with Crippen LogP contribution in [0.1, 0.15) is 5.56 Å². The second kappa shape index (κ2) is 5.79. The zero-order valence-electron chi connectivity index (χ0n) is 13.3. The van der Waals surface area contributed by atoms with E-state index in [4.69, 9.17) is 4.74 Å². The first-order valence-corrected chi connectivity index (χ1v) is 7.57. The minimum Gasteiger partial charge on any atom is -0.504 e. The van der Waals surface area contributed by atoms with E-state index in [0.29, 0.717) is 22.3 Å². The molecule has 25 heavy (non-hydrogen) atoms. The Bertz CT molecular complexity index is 1170. The highest BCUT2D eigenvalue weighted by Crippen LogP contribution is 2.28. The lowest BCUT2D eigenvalue weighted by molar-refractivity contribution is 0.373. The maximum Gasteiger partial charge on any atom is 0.298 e. The molecule has 0 atom stereocenters. The fourth-order valence-corrected chi connectivity index (χ4v) is 2.71. The largest absolute Gasteiger partial charge is 0.504 e. The summed E-state index contributed by atoms with van der Waals surface area (Å²) < 4.78 is 6.18. The number of H-pyrrole nitrogens is 1. The molecule has 7 nitrogen and oxygen atoms in total. The van der Waals surface area contributed by atoms with Gasteiger partial charge in [0.25, 0.3) is 5.56 Å². The van der Waals surface area contributed by atoms with Crippen LogP contribution in [0.25, 0.3) is 21.9 Å². The third-order valence-corrected chi connectivity index (χ3v) is 3.97. The number of fused-ring (bicyclic) bond motifs is 3. The monoisotopic (exact) mass is 334 g/mol. The molecule has 2 heterocycles. The molecule has 0 aliphatic heterocycles. The summed E-state index contributed by atoms with van der Waals surface area (Å²) in [7, 11) is 1.47. The van der Waals surface area contributed by atoms with Gasteiger partial charge in [0.05, 0.1) is 13.3 Å². The number of ether oxygens (including phenoxy) is 1. The Balaban J connectivity index is 1.81. The van der Waals surface area contributed by atoms with Crippen LogP contribution >= 0.6 is 0 Å². The molecule has 0 unspecified atom stereocenters. The number of benzene rings is 2. The van der Waals surface area contributed by atoms with E-state index in [9.17, 15) is 9.90 Å². The number of aromatic nitrogens is 3. The van der Waals surface area contributed by atoms with E-state index in [2.05, 4.69) is 15.1 Å².